The summed E-state index contributed by atoms with van der Waals surface area (Å²) in [5, 5.41) is 5.98. The van der Waals surface area contributed by atoms with E-state index in [0.717, 1.165) is 11.1 Å². The number of anilines is 3. The van der Waals surface area contributed by atoms with Crippen molar-refractivity contribution >= 4 is 23.0 Å². The Labute approximate surface area is 184 Å². The minimum atomic E-state index is -0.689. The van der Waals surface area contributed by atoms with Crippen LogP contribution in [0.1, 0.15) is 27.5 Å². The summed E-state index contributed by atoms with van der Waals surface area (Å²) in [5.41, 5.74) is 6.90. The molecule has 1 amide bonds. The lowest BCUT2D eigenvalue weighted by Crippen LogP contribution is -2.36. The molecule has 7 heteroatoms. The van der Waals surface area contributed by atoms with E-state index in [4.69, 9.17) is 10.5 Å². The summed E-state index contributed by atoms with van der Waals surface area (Å²) in [7, 11) is 1.57. The summed E-state index contributed by atoms with van der Waals surface area (Å²) in [6.07, 6.45) is 0. The van der Waals surface area contributed by atoms with Crippen LogP contribution in [0.15, 0.2) is 88.5 Å². The molecule has 32 heavy (non-hydrogen) atoms. The Kier molecular flexibility index (Phi) is 5.72. The average molecular weight is 427 g/mol. The number of hydrogen-bond donors (Lipinski definition) is 3. The number of carbonyl (C=O) groups is 1. The zero-order chi connectivity index (χ0) is 22.7. The molecule has 0 heterocycles. The molecule has 1 unspecified atom stereocenters. The number of nitrogen functional groups attached to an aromatic ring is 1. The highest BCUT2D eigenvalue weighted by Crippen LogP contribution is 2.32. The number of amides is 1. The van der Waals surface area contributed by atoms with Gasteiger partial charge >= 0.3 is 0 Å². The number of benzene rings is 3. The molecule has 0 aliphatic rings. The molecule has 1 atom stereocenters. The van der Waals surface area contributed by atoms with Crippen molar-refractivity contribution in [2.75, 3.05) is 18.2 Å². The van der Waals surface area contributed by atoms with E-state index < -0.39 is 16.9 Å². The van der Waals surface area contributed by atoms with Crippen molar-refractivity contribution in [3.63, 3.8) is 0 Å². The van der Waals surface area contributed by atoms with Crippen LogP contribution in [0.5, 0.6) is 5.75 Å². The molecule has 4 rings (SSSR count). The number of carbonyl (C=O) groups excluding carboxylic acids is 1. The molecule has 0 radical (unpaired) electrons. The largest absolute Gasteiger partial charge is 0.496 e. The first-order valence-corrected chi connectivity index (χ1v) is 9.94. The summed E-state index contributed by atoms with van der Waals surface area (Å²) in [5.74, 6) is 0.377. The molecule has 4 aromatic rings. The lowest BCUT2D eigenvalue weighted by molar-refractivity contribution is 0.0942. The van der Waals surface area contributed by atoms with Gasteiger partial charge < -0.3 is 21.1 Å². The van der Waals surface area contributed by atoms with Crippen LogP contribution in [0, 0.1) is 0 Å². The maximum absolute atomic E-state index is 13.0. The van der Waals surface area contributed by atoms with E-state index in [9.17, 15) is 14.4 Å². The highest BCUT2D eigenvalue weighted by atomic mass is 16.5. The Balaban J connectivity index is 1.72. The van der Waals surface area contributed by atoms with Gasteiger partial charge in [-0.2, -0.15) is 0 Å². The second-order valence-electron chi connectivity index (χ2n) is 7.21. The van der Waals surface area contributed by atoms with Gasteiger partial charge in [0.2, 0.25) is 0 Å². The predicted molar refractivity (Wildman–Crippen MR) is 124 cm³/mol. The van der Waals surface area contributed by atoms with Crippen LogP contribution in [0.3, 0.4) is 0 Å². The van der Waals surface area contributed by atoms with Gasteiger partial charge in [0.15, 0.2) is 0 Å². The summed E-state index contributed by atoms with van der Waals surface area (Å²) in [6, 6.07) is 23.0. The Morgan fingerprint density at radius 2 is 1.62 bits per heavy atom. The molecular weight excluding hydrogens is 406 g/mol. The normalized spacial score (nSPS) is 11.7. The minimum Gasteiger partial charge on any atom is -0.496 e. The fourth-order valence-corrected chi connectivity index (χ4v) is 3.52. The zero-order valence-electron chi connectivity index (χ0n) is 17.3. The van der Waals surface area contributed by atoms with E-state index in [-0.39, 0.29) is 17.3 Å². The second kappa shape index (κ2) is 8.77. The minimum absolute atomic E-state index is 0.0781. The topological polar surface area (TPSA) is 111 Å². The first-order valence-electron chi connectivity index (χ1n) is 9.94. The van der Waals surface area contributed by atoms with Crippen molar-refractivity contribution in [2.24, 2.45) is 0 Å². The van der Waals surface area contributed by atoms with Gasteiger partial charge in [-0.25, -0.2) is 0 Å². The average Bonchev–Trinajstić information content (AvgIpc) is 2.85. The molecule has 0 saturated heterocycles. The standard InChI is InChI=1S/C25H21N3O4/c1-32-19-13-6-5-12-18(19)21(28-25(31)15-8-3-2-4-9-15)16-10-7-11-17(14-16)27-22-20(26)23(29)24(22)30/h2-14,21,27H,26H2,1H3,(H,28,31). The van der Waals surface area contributed by atoms with Gasteiger partial charge in [-0.05, 0) is 35.9 Å². The molecule has 0 aromatic heterocycles. The number of methoxy groups -OCH3 is 1. The molecule has 160 valence electrons. The first-order chi connectivity index (χ1) is 15.5. The first kappa shape index (κ1) is 20.9. The Morgan fingerprint density at radius 3 is 2.34 bits per heavy atom. The van der Waals surface area contributed by atoms with Gasteiger partial charge in [0, 0.05) is 16.8 Å². The molecule has 4 N–H and O–H groups in total. The van der Waals surface area contributed by atoms with Crippen molar-refractivity contribution in [2.45, 2.75) is 6.04 Å². The van der Waals surface area contributed by atoms with Gasteiger partial charge in [0.1, 0.15) is 17.1 Å². The number of hydrogen-bond acceptors (Lipinski definition) is 6. The van der Waals surface area contributed by atoms with Crippen LogP contribution < -0.4 is 32.0 Å². The smallest absolute Gasteiger partial charge is 0.253 e. The van der Waals surface area contributed by atoms with Crippen LogP contribution in [-0.2, 0) is 0 Å². The lowest BCUT2D eigenvalue weighted by Gasteiger charge is -2.23. The molecule has 0 spiro atoms. The molecule has 0 saturated carbocycles. The van der Waals surface area contributed by atoms with Crippen molar-refractivity contribution in [1.29, 1.82) is 0 Å². The monoisotopic (exact) mass is 427 g/mol. The highest BCUT2D eigenvalue weighted by molar-refractivity contribution is 5.94. The third kappa shape index (κ3) is 3.96. The fourth-order valence-electron chi connectivity index (χ4n) is 3.52. The van der Waals surface area contributed by atoms with Gasteiger partial charge in [-0.3, -0.25) is 14.4 Å². The molecule has 0 bridgehead atoms. The van der Waals surface area contributed by atoms with E-state index in [1.807, 2.05) is 36.4 Å². The van der Waals surface area contributed by atoms with Crippen molar-refractivity contribution in [1.82, 2.24) is 5.32 Å². The van der Waals surface area contributed by atoms with E-state index in [1.54, 1.807) is 49.6 Å². The van der Waals surface area contributed by atoms with E-state index in [2.05, 4.69) is 10.6 Å². The molecular formula is C25H21N3O4. The third-order valence-corrected chi connectivity index (χ3v) is 5.20. The maximum atomic E-state index is 13.0. The molecule has 0 aliphatic heterocycles. The highest BCUT2D eigenvalue weighted by Gasteiger charge is 2.22. The number of para-hydroxylation sites is 1. The van der Waals surface area contributed by atoms with E-state index in [0.29, 0.717) is 17.0 Å². The number of nitrogens with one attached hydrogen (secondary N) is 2. The van der Waals surface area contributed by atoms with Crippen LogP contribution in [0.25, 0.3) is 0 Å². The molecule has 7 nitrogen and oxygen atoms in total. The maximum Gasteiger partial charge on any atom is 0.253 e. The number of nitrogens with two attached hydrogens (primary N) is 1. The summed E-state index contributed by atoms with van der Waals surface area (Å²) in [6.45, 7) is 0. The lowest BCUT2D eigenvalue weighted by atomic mass is 9.96. The predicted octanol–water partition coefficient (Wildman–Crippen LogP) is 3.14. The Morgan fingerprint density at radius 1 is 0.906 bits per heavy atom. The van der Waals surface area contributed by atoms with Gasteiger partial charge in [-0.1, -0.05) is 48.5 Å². The fraction of sp³-hybridized carbons (Fsp3) is 0.0800. The molecule has 4 aromatic carbocycles. The van der Waals surface area contributed by atoms with Crippen molar-refractivity contribution in [3.8, 4) is 5.75 Å². The molecule has 0 fully saturated rings. The number of ether oxygens (including phenoxy) is 1. The third-order valence-electron chi connectivity index (χ3n) is 5.20. The zero-order valence-corrected chi connectivity index (χ0v) is 17.3. The van der Waals surface area contributed by atoms with Crippen molar-refractivity contribution < 1.29 is 9.53 Å². The number of rotatable bonds is 7. The van der Waals surface area contributed by atoms with Crippen molar-refractivity contribution in [3.05, 3.63) is 116 Å². The van der Waals surface area contributed by atoms with E-state index >= 15 is 0 Å². The Hall–Kier alpha value is -4.39. The van der Waals surface area contributed by atoms with Gasteiger partial charge in [0.05, 0.1) is 13.2 Å². The van der Waals surface area contributed by atoms with Crippen LogP contribution in [0.4, 0.5) is 17.1 Å². The quantitative estimate of drug-likeness (QED) is 0.391. The van der Waals surface area contributed by atoms with Crippen LogP contribution in [0.2, 0.25) is 0 Å². The van der Waals surface area contributed by atoms with E-state index in [1.165, 1.54) is 0 Å². The Bertz CT molecular complexity index is 1340. The second-order valence-corrected chi connectivity index (χ2v) is 7.21. The summed E-state index contributed by atoms with van der Waals surface area (Å²) >= 11 is 0. The van der Waals surface area contributed by atoms with Crippen LogP contribution in [-0.4, -0.2) is 13.0 Å². The molecule has 0 aliphatic carbocycles. The van der Waals surface area contributed by atoms with Gasteiger partial charge in [-0.15, -0.1) is 0 Å². The summed E-state index contributed by atoms with van der Waals surface area (Å²) in [4.78, 5) is 36.2. The summed E-state index contributed by atoms with van der Waals surface area (Å²) < 4.78 is 5.52. The van der Waals surface area contributed by atoms with Crippen LogP contribution >= 0.6 is 0 Å². The SMILES string of the molecule is COc1ccccc1C(NC(=O)c1ccccc1)c1cccc(Nc2c(N)c(=O)c2=O)c1. The van der Waals surface area contributed by atoms with Gasteiger partial charge in [0.25, 0.3) is 16.8 Å².